The summed E-state index contributed by atoms with van der Waals surface area (Å²) in [4.78, 5) is 12.1. The molecule has 0 radical (unpaired) electrons. The second-order valence-corrected chi connectivity index (χ2v) is 4.99. The van der Waals surface area contributed by atoms with E-state index in [-0.39, 0.29) is 11.7 Å². The van der Waals surface area contributed by atoms with Crippen LogP contribution < -0.4 is 15.8 Å². The number of hydrogen-bond donors (Lipinski definition) is 2. The lowest BCUT2D eigenvalue weighted by Crippen LogP contribution is -2.12. The molecule has 0 atom stereocenters. The second-order valence-electron chi connectivity index (χ2n) is 4.08. The predicted octanol–water partition coefficient (Wildman–Crippen LogP) is 3.43. The Kier molecular flexibility index (Phi) is 4.24. The minimum Gasteiger partial charge on any atom is -0.494 e. The molecule has 2 aromatic carbocycles. The number of amides is 1. The fourth-order valence-corrected chi connectivity index (χ4v) is 2.20. The molecule has 0 saturated heterocycles. The van der Waals surface area contributed by atoms with Crippen molar-refractivity contribution in [2.24, 2.45) is 0 Å². The SMILES string of the molecule is COc1cc(NC(=O)c2cc(N)cc(Br)c2)ccc1F. The van der Waals surface area contributed by atoms with Crippen LogP contribution in [0.4, 0.5) is 15.8 Å². The molecule has 6 heteroatoms. The monoisotopic (exact) mass is 338 g/mol. The number of nitrogens with two attached hydrogens (primary N) is 1. The van der Waals surface area contributed by atoms with Crippen molar-refractivity contribution in [2.75, 3.05) is 18.2 Å². The number of methoxy groups -OCH3 is 1. The molecule has 0 bridgehead atoms. The largest absolute Gasteiger partial charge is 0.494 e. The first kappa shape index (κ1) is 14.3. The smallest absolute Gasteiger partial charge is 0.255 e. The molecule has 0 heterocycles. The summed E-state index contributed by atoms with van der Waals surface area (Å²) in [5, 5.41) is 2.65. The van der Waals surface area contributed by atoms with Crippen molar-refractivity contribution in [1.82, 2.24) is 0 Å². The van der Waals surface area contributed by atoms with Crippen LogP contribution in [0.5, 0.6) is 5.75 Å². The highest BCUT2D eigenvalue weighted by atomic mass is 79.9. The summed E-state index contributed by atoms with van der Waals surface area (Å²) in [6.45, 7) is 0. The molecular formula is C14H12BrFN2O2. The van der Waals surface area contributed by atoms with Gasteiger partial charge in [0.15, 0.2) is 11.6 Å². The maximum absolute atomic E-state index is 13.3. The van der Waals surface area contributed by atoms with Crippen molar-refractivity contribution >= 4 is 33.2 Å². The number of benzene rings is 2. The van der Waals surface area contributed by atoms with Crippen LogP contribution in [0.3, 0.4) is 0 Å². The van der Waals surface area contributed by atoms with Crippen LogP contribution in [0.1, 0.15) is 10.4 Å². The normalized spacial score (nSPS) is 10.2. The number of halogens is 2. The van der Waals surface area contributed by atoms with Crippen LogP contribution in [-0.2, 0) is 0 Å². The molecule has 0 aliphatic heterocycles. The van der Waals surface area contributed by atoms with Gasteiger partial charge in [-0.2, -0.15) is 0 Å². The van der Waals surface area contributed by atoms with Crippen LogP contribution >= 0.6 is 15.9 Å². The van der Waals surface area contributed by atoms with Gasteiger partial charge in [0.2, 0.25) is 0 Å². The molecule has 0 aliphatic carbocycles. The lowest BCUT2D eigenvalue weighted by atomic mass is 10.2. The van der Waals surface area contributed by atoms with Gasteiger partial charge >= 0.3 is 0 Å². The molecule has 3 N–H and O–H groups in total. The fraction of sp³-hybridized carbons (Fsp3) is 0.0714. The highest BCUT2D eigenvalue weighted by molar-refractivity contribution is 9.10. The average molecular weight is 339 g/mol. The number of hydrogen-bond acceptors (Lipinski definition) is 3. The summed E-state index contributed by atoms with van der Waals surface area (Å²) >= 11 is 3.27. The van der Waals surface area contributed by atoms with Crippen molar-refractivity contribution < 1.29 is 13.9 Å². The Morgan fingerprint density at radius 2 is 2.05 bits per heavy atom. The zero-order valence-corrected chi connectivity index (χ0v) is 12.2. The van der Waals surface area contributed by atoms with Crippen LogP contribution in [-0.4, -0.2) is 13.0 Å². The molecule has 0 aliphatic rings. The van der Waals surface area contributed by atoms with Crippen LogP contribution in [0.25, 0.3) is 0 Å². The minimum atomic E-state index is -0.489. The molecule has 0 unspecified atom stereocenters. The minimum absolute atomic E-state index is 0.0663. The van der Waals surface area contributed by atoms with Gasteiger partial charge in [-0.3, -0.25) is 4.79 Å². The molecule has 20 heavy (non-hydrogen) atoms. The van der Waals surface area contributed by atoms with E-state index in [1.165, 1.54) is 25.3 Å². The summed E-state index contributed by atoms with van der Waals surface area (Å²) in [5.41, 5.74) is 6.99. The van der Waals surface area contributed by atoms with E-state index in [2.05, 4.69) is 21.2 Å². The molecule has 1 amide bonds. The van der Waals surface area contributed by atoms with Gasteiger partial charge in [-0.15, -0.1) is 0 Å². The molecule has 4 nitrogen and oxygen atoms in total. The van der Waals surface area contributed by atoms with Gasteiger partial charge in [-0.25, -0.2) is 4.39 Å². The number of rotatable bonds is 3. The maximum atomic E-state index is 13.3. The first-order valence-electron chi connectivity index (χ1n) is 5.70. The van der Waals surface area contributed by atoms with E-state index in [4.69, 9.17) is 10.5 Å². The highest BCUT2D eigenvalue weighted by Crippen LogP contribution is 2.23. The first-order chi connectivity index (χ1) is 9.49. The second kappa shape index (κ2) is 5.92. The molecule has 0 fully saturated rings. The Morgan fingerprint density at radius 3 is 2.70 bits per heavy atom. The third-order valence-corrected chi connectivity index (χ3v) is 3.05. The van der Waals surface area contributed by atoms with Crippen molar-refractivity contribution in [1.29, 1.82) is 0 Å². The van der Waals surface area contributed by atoms with Crippen LogP contribution in [0, 0.1) is 5.82 Å². The van der Waals surface area contributed by atoms with E-state index >= 15 is 0 Å². The summed E-state index contributed by atoms with van der Waals surface area (Å²) in [6, 6.07) is 8.99. The number of carbonyl (C=O) groups excluding carboxylic acids is 1. The van der Waals surface area contributed by atoms with Crippen molar-refractivity contribution in [3.8, 4) is 5.75 Å². The van der Waals surface area contributed by atoms with E-state index in [0.717, 1.165) is 0 Å². The van der Waals surface area contributed by atoms with E-state index in [0.29, 0.717) is 21.4 Å². The van der Waals surface area contributed by atoms with Crippen LogP contribution in [0.15, 0.2) is 40.9 Å². The standard InChI is InChI=1S/C14H12BrFN2O2/c1-20-13-7-11(2-3-12(13)16)18-14(19)8-4-9(15)6-10(17)5-8/h2-7H,17H2,1H3,(H,18,19). The summed E-state index contributed by atoms with van der Waals surface area (Å²) in [6.07, 6.45) is 0. The fourth-order valence-electron chi connectivity index (χ4n) is 1.68. The Balaban J connectivity index is 2.23. The van der Waals surface area contributed by atoms with E-state index in [1.54, 1.807) is 18.2 Å². The number of nitrogens with one attached hydrogen (secondary N) is 1. The van der Waals surface area contributed by atoms with Gasteiger partial charge in [0, 0.05) is 27.5 Å². The van der Waals surface area contributed by atoms with E-state index in [1.807, 2.05) is 0 Å². The zero-order chi connectivity index (χ0) is 14.7. The third-order valence-electron chi connectivity index (χ3n) is 2.59. The zero-order valence-electron chi connectivity index (χ0n) is 10.6. The van der Waals surface area contributed by atoms with Crippen molar-refractivity contribution in [3.63, 3.8) is 0 Å². The molecular weight excluding hydrogens is 327 g/mol. The maximum Gasteiger partial charge on any atom is 0.255 e. The van der Waals surface area contributed by atoms with Gasteiger partial charge in [0.05, 0.1) is 7.11 Å². The molecule has 2 rings (SSSR count). The van der Waals surface area contributed by atoms with Gasteiger partial charge in [0.25, 0.3) is 5.91 Å². The molecule has 2 aromatic rings. The van der Waals surface area contributed by atoms with Gasteiger partial charge in [0.1, 0.15) is 0 Å². The van der Waals surface area contributed by atoms with E-state index in [9.17, 15) is 9.18 Å². The molecule has 0 saturated carbocycles. The lowest BCUT2D eigenvalue weighted by Gasteiger charge is -2.08. The Hall–Kier alpha value is -2.08. The summed E-state index contributed by atoms with van der Waals surface area (Å²) < 4.78 is 18.8. The predicted molar refractivity (Wildman–Crippen MR) is 79.5 cm³/mol. The van der Waals surface area contributed by atoms with Crippen LogP contribution in [0.2, 0.25) is 0 Å². The number of ether oxygens (including phenoxy) is 1. The Morgan fingerprint density at radius 1 is 1.30 bits per heavy atom. The van der Waals surface area contributed by atoms with Gasteiger partial charge in [-0.05, 0) is 30.3 Å². The van der Waals surface area contributed by atoms with Crippen molar-refractivity contribution in [3.05, 3.63) is 52.3 Å². The lowest BCUT2D eigenvalue weighted by molar-refractivity contribution is 0.102. The Bertz CT molecular complexity index is 641. The quantitative estimate of drug-likeness (QED) is 0.842. The van der Waals surface area contributed by atoms with E-state index < -0.39 is 5.82 Å². The highest BCUT2D eigenvalue weighted by Gasteiger charge is 2.10. The topological polar surface area (TPSA) is 64.3 Å². The van der Waals surface area contributed by atoms with Crippen molar-refractivity contribution in [2.45, 2.75) is 0 Å². The van der Waals surface area contributed by atoms with Gasteiger partial charge < -0.3 is 15.8 Å². The average Bonchev–Trinajstić information content (AvgIpc) is 2.39. The van der Waals surface area contributed by atoms with Gasteiger partial charge in [-0.1, -0.05) is 15.9 Å². The number of anilines is 2. The molecule has 0 aromatic heterocycles. The number of carbonyl (C=O) groups is 1. The first-order valence-corrected chi connectivity index (χ1v) is 6.50. The molecule has 104 valence electrons. The molecule has 0 spiro atoms. The summed E-state index contributed by atoms with van der Waals surface area (Å²) in [7, 11) is 1.36. The summed E-state index contributed by atoms with van der Waals surface area (Å²) in [5.74, 6) is -0.764. The Labute approximate surface area is 123 Å². The number of nitrogen functional groups attached to an aromatic ring is 1. The third kappa shape index (κ3) is 3.27.